The van der Waals surface area contributed by atoms with Crippen LogP contribution in [0.25, 0.3) is 0 Å². The summed E-state index contributed by atoms with van der Waals surface area (Å²) in [6.07, 6.45) is 1.62. The second-order valence-corrected chi connectivity index (χ2v) is 9.42. The topological polar surface area (TPSA) is 76.7 Å². The molecule has 0 atom stereocenters. The monoisotopic (exact) mass is 424 g/mol. The molecule has 0 spiro atoms. The highest BCUT2D eigenvalue weighted by molar-refractivity contribution is 6.12. The smallest absolute Gasteiger partial charge is 0.255 e. The average molecular weight is 425 g/mol. The number of piperidine rings is 1. The molecule has 0 unspecified atom stereocenters. The maximum absolute atomic E-state index is 13.2. The molecule has 0 radical (unpaired) electrons. The normalized spacial score (nSPS) is 17.6. The zero-order valence-corrected chi connectivity index (χ0v) is 19.2. The fraction of sp³-hybridized carbons (Fsp3) is 0.440. The third-order valence-corrected chi connectivity index (χ3v) is 5.57. The van der Waals surface area contributed by atoms with Crippen LogP contribution >= 0.6 is 0 Å². The van der Waals surface area contributed by atoms with Crippen molar-refractivity contribution in [3.05, 3.63) is 59.2 Å². The van der Waals surface area contributed by atoms with Gasteiger partial charge < -0.3 is 20.1 Å². The third kappa shape index (κ3) is 5.25. The molecule has 3 rings (SSSR count). The van der Waals surface area contributed by atoms with E-state index in [1.807, 2.05) is 6.07 Å². The fourth-order valence-corrected chi connectivity index (χ4v) is 4.69. The summed E-state index contributed by atoms with van der Waals surface area (Å²) < 4.78 is 11.0. The first-order valence-electron chi connectivity index (χ1n) is 10.5. The summed E-state index contributed by atoms with van der Waals surface area (Å²) in [5, 5.41) is 6.77. The number of methoxy groups -OCH3 is 2. The van der Waals surface area contributed by atoms with E-state index in [1.165, 1.54) is 14.2 Å². The summed E-state index contributed by atoms with van der Waals surface area (Å²) in [7, 11) is 2.98. The molecule has 1 aliphatic heterocycles. The Morgan fingerprint density at radius 1 is 0.903 bits per heavy atom. The predicted octanol–water partition coefficient (Wildman–Crippen LogP) is 3.97. The number of rotatable bonds is 6. The SMILES string of the molecule is COc1cc(C(=O)c2ccccc2)c(OC)cc1C(=O)NC1CC(C)(C)NC(C)(C)C1. The van der Waals surface area contributed by atoms with E-state index in [1.54, 1.807) is 36.4 Å². The molecule has 1 aliphatic rings. The van der Waals surface area contributed by atoms with Gasteiger partial charge in [0.15, 0.2) is 5.78 Å². The Hall–Kier alpha value is -2.86. The third-order valence-electron chi connectivity index (χ3n) is 5.57. The molecule has 1 heterocycles. The van der Waals surface area contributed by atoms with Gasteiger partial charge in [-0.25, -0.2) is 0 Å². The number of nitrogens with one attached hydrogen (secondary N) is 2. The van der Waals surface area contributed by atoms with Gasteiger partial charge in [0.1, 0.15) is 11.5 Å². The van der Waals surface area contributed by atoms with Crippen molar-refractivity contribution in [2.24, 2.45) is 0 Å². The molecule has 6 heteroatoms. The van der Waals surface area contributed by atoms with Gasteiger partial charge in [-0.15, -0.1) is 0 Å². The zero-order chi connectivity index (χ0) is 22.8. The van der Waals surface area contributed by atoms with Crippen LogP contribution in [0.15, 0.2) is 42.5 Å². The summed E-state index contributed by atoms with van der Waals surface area (Å²) in [5.41, 5.74) is 1.06. The van der Waals surface area contributed by atoms with E-state index in [0.717, 1.165) is 12.8 Å². The molecule has 1 saturated heterocycles. The van der Waals surface area contributed by atoms with E-state index in [2.05, 4.69) is 38.3 Å². The molecule has 0 aliphatic carbocycles. The Kier molecular flexibility index (Phi) is 6.41. The minimum absolute atomic E-state index is 0.0140. The molecule has 6 nitrogen and oxygen atoms in total. The minimum atomic E-state index is -0.243. The average Bonchev–Trinajstić information content (AvgIpc) is 2.70. The number of hydrogen-bond donors (Lipinski definition) is 2. The van der Waals surface area contributed by atoms with Gasteiger partial charge in [-0.05, 0) is 52.7 Å². The number of hydrogen-bond acceptors (Lipinski definition) is 5. The molecule has 1 amide bonds. The lowest BCUT2D eigenvalue weighted by atomic mass is 9.79. The fourth-order valence-electron chi connectivity index (χ4n) is 4.69. The van der Waals surface area contributed by atoms with Crippen molar-refractivity contribution in [2.45, 2.75) is 57.7 Å². The standard InChI is InChI=1S/C25H32N2O4/c1-24(2)14-17(15-25(3,4)27-24)26-23(29)19-13-20(30-5)18(12-21(19)31-6)22(28)16-10-8-7-9-11-16/h7-13,17,27H,14-15H2,1-6H3,(H,26,29). The van der Waals surface area contributed by atoms with Crippen molar-refractivity contribution >= 4 is 11.7 Å². The summed E-state index contributed by atoms with van der Waals surface area (Å²) in [6, 6.07) is 12.1. The second kappa shape index (κ2) is 8.71. The van der Waals surface area contributed by atoms with Gasteiger partial charge in [0.05, 0.1) is 25.3 Å². The van der Waals surface area contributed by atoms with Crippen LogP contribution in [0, 0.1) is 0 Å². The maximum Gasteiger partial charge on any atom is 0.255 e. The molecule has 0 bridgehead atoms. The van der Waals surface area contributed by atoms with Gasteiger partial charge >= 0.3 is 0 Å². The lowest BCUT2D eigenvalue weighted by Gasteiger charge is -2.46. The van der Waals surface area contributed by atoms with Gasteiger partial charge in [-0.2, -0.15) is 0 Å². The molecule has 2 aromatic rings. The van der Waals surface area contributed by atoms with Gasteiger partial charge in [-0.1, -0.05) is 30.3 Å². The van der Waals surface area contributed by atoms with E-state index in [0.29, 0.717) is 28.2 Å². The zero-order valence-electron chi connectivity index (χ0n) is 19.2. The van der Waals surface area contributed by atoms with Gasteiger partial charge in [-0.3, -0.25) is 9.59 Å². The molecule has 1 fully saturated rings. The molecule has 0 saturated carbocycles. The number of carbonyl (C=O) groups excluding carboxylic acids is 2. The highest BCUT2D eigenvalue weighted by Crippen LogP contribution is 2.32. The minimum Gasteiger partial charge on any atom is -0.496 e. The summed E-state index contributed by atoms with van der Waals surface area (Å²) >= 11 is 0. The van der Waals surface area contributed by atoms with Crippen molar-refractivity contribution < 1.29 is 19.1 Å². The highest BCUT2D eigenvalue weighted by Gasteiger charge is 2.38. The van der Waals surface area contributed by atoms with Crippen LogP contribution < -0.4 is 20.1 Å². The van der Waals surface area contributed by atoms with Crippen molar-refractivity contribution in [1.29, 1.82) is 0 Å². The summed E-state index contributed by atoms with van der Waals surface area (Å²) in [6.45, 7) is 8.56. The quantitative estimate of drug-likeness (QED) is 0.686. The molecule has 31 heavy (non-hydrogen) atoms. The van der Waals surface area contributed by atoms with E-state index >= 15 is 0 Å². The molecule has 166 valence electrons. The number of ether oxygens (including phenoxy) is 2. The van der Waals surface area contributed by atoms with Crippen LogP contribution in [0.3, 0.4) is 0 Å². The molecule has 2 N–H and O–H groups in total. The van der Waals surface area contributed by atoms with E-state index < -0.39 is 0 Å². The van der Waals surface area contributed by atoms with Gasteiger partial charge in [0, 0.05) is 22.7 Å². The first-order chi connectivity index (χ1) is 14.5. The van der Waals surface area contributed by atoms with Gasteiger partial charge in [0.25, 0.3) is 5.91 Å². The largest absolute Gasteiger partial charge is 0.496 e. The Bertz CT molecular complexity index is 951. The van der Waals surface area contributed by atoms with E-state index in [9.17, 15) is 9.59 Å². The predicted molar refractivity (Wildman–Crippen MR) is 121 cm³/mol. The van der Waals surface area contributed by atoms with E-state index in [-0.39, 0.29) is 28.8 Å². The van der Waals surface area contributed by atoms with Crippen molar-refractivity contribution in [2.75, 3.05) is 14.2 Å². The van der Waals surface area contributed by atoms with Crippen LogP contribution in [-0.4, -0.2) is 43.0 Å². The van der Waals surface area contributed by atoms with Crippen LogP contribution in [0.2, 0.25) is 0 Å². The van der Waals surface area contributed by atoms with Crippen LogP contribution in [0.5, 0.6) is 11.5 Å². The highest BCUT2D eigenvalue weighted by atomic mass is 16.5. The Morgan fingerprint density at radius 3 is 1.97 bits per heavy atom. The van der Waals surface area contributed by atoms with Crippen molar-refractivity contribution in [3.8, 4) is 11.5 Å². The maximum atomic E-state index is 13.2. The number of ketones is 1. The summed E-state index contributed by atoms with van der Waals surface area (Å²) in [4.78, 5) is 26.2. The Balaban J connectivity index is 1.91. The van der Waals surface area contributed by atoms with Crippen molar-refractivity contribution in [3.63, 3.8) is 0 Å². The van der Waals surface area contributed by atoms with Gasteiger partial charge in [0.2, 0.25) is 0 Å². The Morgan fingerprint density at radius 2 is 1.42 bits per heavy atom. The van der Waals surface area contributed by atoms with Crippen LogP contribution in [0.1, 0.15) is 66.8 Å². The summed E-state index contributed by atoms with van der Waals surface area (Å²) in [5.74, 6) is 0.243. The molecule has 0 aromatic heterocycles. The number of carbonyl (C=O) groups is 2. The number of benzene rings is 2. The molecular formula is C25H32N2O4. The lowest BCUT2D eigenvalue weighted by Crippen LogP contribution is -2.62. The van der Waals surface area contributed by atoms with E-state index in [4.69, 9.17) is 9.47 Å². The van der Waals surface area contributed by atoms with Crippen molar-refractivity contribution in [1.82, 2.24) is 10.6 Å². The second-order valence-electron chi connectivity index (χ2n) is 9.42. The number of amides is 1. The first-order valence-corrected chi connectivity index (χ1v) is 10.5. The van der Waals surface area contributed by atoms with Crippen LogP contribution in [0.4, 0.5) is 0 Å². The molecular weight excluding hydrogens is 392 g/mol. The first kappa shape index (κ1) is 22.8. The molecule has 2 aromatic carbocycles. The Labute approximate surface area is 184 Å². The lowest BCUT2D eigenvalue weighted by molar-refractivity contribution is 0.0868. The van der Waals surface area contributed by atoms with Crippen LogP contribution in [-0.2, 0) is 0 Å².